The predicted octanol–water partition coefficient (Wildman–Crippen LogP) is 1.77. The van der Waals surface area contributed by atoms with Crippen LogP contribution in [0.4, 0.5) is 8.78 Å². The first-order valence-corrected chi connectivity index (χ1v) is 5.63. The van der Waals surface area contributed by atoms with E-state index in [0.717, 1.165) is 0 Å². The van der Waals surface area contributed by atoms with E-state index in [2.05, 4.69) is 0 Å². The maximum absolute atomic E-state index is 12.9. The van der Waals surface area contributed by atoms with Crippen molar-refractivity contribution >= 4 is 0 Å². The summed E-state index contributed by atoms with van der Waals surface area (Å²) in [6.45, 7) is 0.667. The summed E-state index contributed by atoms with van der Waals surface area (Å²) < 4.78 is 41.7. The fraction of sp³-hybridized carbons (Fsp3) is 0.500. The van der Waals surface area contributed by atoms with Crippen molar-refractivity contribution < 1.29 is 23.0 Å². The molecule has 2 rings (SSSR count). The van der Waals surface area contributed by atoms with Crippen LogP contribution in [0.1, 0.15) is 11.5 Å². The van der Waals surface area contributed by atoms with Crippen molar-refractivity contribution in [2.45, 2.75) is 12.3 Å². The number of benzene rings is 1. The van der Waals surface area contributed by atoms with Crippen LogP contribution >= 0.6 is 0 Å². The van der Waals surface area contributed by atoms with Crippen LogP contribution < -0.4 is 19.9 Å². The summed E-state index contributed by atoms with van der Waals surface area (Å²) in [5, 5.41) is 0. The molecule has 1 heterocycles. The first-order valence-electron chi connectivity index (χ1n) is 5.63. The average molecular weight is 259 g/mol. The second-order valence-corrected chi connectivity index (χ2v) is 3.92. The lowest BCUT2D eigenvalue weighted by molar-refractivity contribution is 0.116. The molecule has 0 radical (unpaired) electrons. The van der Waals surface area contributed by atoms with E-state index in [-0.39, 0.29) is 6.54 Å². The number of rotatable bonds is 4. The molecule has 0 aromatic heterocycles. The van der Waals surface area contributed by atoms with Gasteiger partial charge in [0, 0.05) is 6.54 Å². The highest BCUT2D eigenvalue weighted by Gasteiger charge is 2.26. The van der Waals surface area contributed by atoms with Crippen molar-refractivity contribution in [3.8, 4) is 17.2 Å². The molecule has 0 amide bonds. The number of methoxy groups -OCH3 is 1. The van der Waals surface area contributed by atoms with Gasteiger partial charge in [-0.1, -0.05) is 0 Å². The summed E-state index contributed by atoms with van der Waals surface area (Å²) in [4.78, 5) is 0. The zero-order valence-electron chi connectivity index (χ0n) is 9.99. The van der Waals surface area contributed by atoms with Crippen LogP contribution in [0.25, 0.3) is 0 Å². The lowest BCUT2D eigenvalue weighted by atomic mass is 9.98. The van der Waals surface area contributed by atoms with E-state index in [4.69, 9.17) is 19.9 Å². The summed E-state index contributed by atoms with van der Waals surface area (Å²) in [7, 11) is 1.46. The van der Waals surface area contributed by atoms with Crippen molar-refractivity contribution in [2.75, 3.05) is 26.9 Å². The Morgan fingerprint density at radius 2 is 2.06 bits per heavy atom. The van der Waals surface area contributed by atoms with Crippen LogP contribution in [0, 0.1) is 0 Å². The molecular weight excluding hydrogens is 244 g/mol. The average Bonchev–Trinajstić information content (AvgIpc) is 2.38. The molecule has 0 spiro atoms. The minimum absolute atomic E-state index is 0.138. The maximum Gasteiger partial charge on any atom is 0.246 e. The van der Waals surface area contributed by atoms with Crippen molar-refractivity contribution in [3.05, 3.63) is 17.7 Å². The van der Waals surface area contributed by atoms with Crippen molar-refractivity contribution in [1.29, 1.82) is 0 Å². The van der Waals surface area contributed by atoms with Crippen molar-refractivity contribution in [3.63, 3.8) is 0 Å². The van der Waals surface area contributed by atoms with Gasteiger partial charge in [-0.05, 0) is 17.7 Å². The molecule has 0 bridgehead atoms. The highest BCUT2D eigenvalue weighted by Crippen LogP contribution is 2.42. The third-order valence-corrected chi connectivity index (χ3v) is 2.84. The lowest BCUT2D eigenvalue weighted by Gasteiger charge is -2.23. The van der Waals surface area contributed by atoms with Gasteiger partial charge in [-0.25, -0.2) is 8.78 Å². The van der Waals surface area contributed by atoms with Crippen molar-refractivity contribution in [1.82, 2.24) is 0 Å². The zero-order chi connectivity index (χ0) is 13.1. The van der Waals surface area contributed by atoms with Gasteiger partial charge in [-0.2, -0.15) is 0 Å². The number of hydrogen-bond acceptors (Lipinski definition) is 4. The molecule has 1 aliphatic rings. The van der Waals surface area contributed by atoms with E-state index in [1.807, 2.05) is 0 Å². The Hall–Kier alpha value is -1.56. The molecule has 1 aromatic carbocycles. The van der Waals surface area contributed by atoms with E-state index in [9.17, 15) is 8.78 Å². The van der Waals surface area contributed by atoms with Crippen LogP contribution in [0.3, 0.4) is 0 Å². The van der Waals surface area contributed by atoms with E-state index < -0.39 is 12.3 Å². The SMILES string of the molecule is COc1cc(C(CN)C(F)F)cc2c1OCCO2. The van der Waals surface area contributed by atoms with E-state index in [0.29, 0.717) is 36.0 Å². The summed E-state index contributed by atoms with van der Waals surface area (Å²) in [5.74, 6) is 0.239. The molecule has 1 atom stereocenters. The first-order chi connectivity index (χ1) is 8.67. The number of ether oxygens (including phenoxy) is 3. The van der Waals surface area contributed by atoms with Crippen LogP contribution in [0.15, 0.2) is 12.1 Å². The van der Waals surface area contributed by atoms with Gasteiger partial charge in [0.25, 0.3) is 0 Å². The van der Waals surface area contributed by atoms with Gasteiger partial charge < -0.3 is 19.9 Å². The second-order valence-electron chi connectivity index (χ2n) is 3.92. The van der Waals surface area contributed by atoms with Gasteiger partial charge in [-0.15, -0.1) is 0 Å². The molecule has 6 heteroatoms. The monoisotopic (exact) mass is 259 g/mol. The van der Waals surface area contributed by atoms with Gasteiger partial charge in [0.05, 0.1) is 13.0 Å². The molecule has 4 nitrogen and oxygen atoms in total. The van der Waals surface area contributed by atoms with Crippen LogP contribution in [0.5, 0.6) is 17.2 Å². The molecule has 1 unspecified atom stereocenters. The molecule has 1 aromatic rings. The predicted molar refractivity (Wildman–Crippen MR) is 61.8 cm³/mol. The normalized spacial score (nSPS) is 15.6. The molecule has 0 fully saturated rings. The number of alkyl halides is 2. The van der Waals surface area contributed by atoms with Gasteiger partial charge >= 0.3 is 0 Å². The molecule has 0 aliphatic carbocycles. The molecule has 18 heavy (non-hydrogen) atoms. The summed E-state index contributed by atoms with van der Waals surface area (Å²) in [6.07, 6.45) is -2.53. The van der Waals surface area contributed by atoms with E-state index >= 15 is 0 Å². The Kier molecular flexibility index (Phi) is 3.86. The van der Waals surface area contributed by atoms with E-state index in [1.54, 1.807) is 6.07 Å². The Bertz CT molecular complexity index is 409. The fourth-order valence-electron chi connectivity index (χ4n) is 1.89. The second kappa shape index (κ2) is 5.39. The largest absolute Gasteiger partial charge is 0.493 e. The summed E-state index contributed by atoms with van der Waals surface area (Å²) in [6, 6.07) is 3.07. The molecule has 0 saturated carbocycles. The van der Waals surface area contributed by atoms with Gasteiger partial charge in [0.1, 0.15) is 13.2 Å². The topological polar surface area (TPSA) is 53.7 Å². The lowest BCUT2D eigenvalue weighted by Crippen LogP contribution is -2.21. The molecule has 0 saturated heterocycles. The number of halogens is 2. The highest BCUT2D eigenvalue weighted by atomic mass is 19.3. The zero-order valence-corrected chi connectivity index (χ0v) is 9.99. The minimum atomic E-state index is -2.53. The number of hydrogen-bond donors (Lipinski definition) is 1. The van der Waals surface area contributed by atoms with E-state index in [1.165, 1.54) is 13.2 Å². The Labute approximate surface area is 104 Å². The minimum Gasteiger partial charge on any atom is -0.493 e. The fourth-order valence-corrected chi connectivity index (χ4v) is 1.89. The maximum atomic E-state index is 12.9. The number of fused-ring (bicyclic) bond motifs is 1. The summed E-state index contributed by atoms with van der Waals surface area (Å²) >= 11 is 0. The Balaban J connectivity index is 2.43. The van der Waals surface area contributed by atoms with Crippen LogP contribution in [-0.2, 0) is 0 Å². The third-order valence-electron chi connectivity index (χ3n) is 2.84. The van der Waals surface area contributed by atoms with Crippen LogP contribution in [0.2, 0.25) is 0 Å². The van der Waals surface area contributed by atoms with Gasteiger partial charge in [0.2, 0.25) is 12.2 Å². The smallest absolute Gasteiger partial charge is 0.246 e. The van der Waals surface area contributed by atoms with Gasteiger partial charge in [-0.3, -0.25) is 0 Å². The van der Waals surface area contributed by atoms with Crippen LogP contribution in [-0.4, -0.2) is 33.3 Å². The molecule has 1 aliphatic heterocycles. The molecular formula is C12H15F2NO3. The Morgan fingerprint density at radius 1 is 1.33 bits per heavy atom. The Morgan fingerprint density at radius 3 is 2.67 bits per heavy atom. The third kappa shape index (κ3) is 2.33. The number of nitrogens with two attached hydrogens (primary N) is 1. The molecule has 2 N–H and O–H groups in total. The highest BCUT2D eigenvalue weighted by molar-refractivity contribution is 5.55. The quantitative estimate of drug-likeness (QED) is 0.895. The summed E-state index contributed by atoms with van der Waals surface area (Å²) in [5.41, 5.74) is 5.78. The first kappa shape index (κ1) is 12.9. The van der Waals surface area contributed by atoms with Gasteiger partial charge in [0.15, 0.2) is 11.5 Å². The van der Waals surface area contributed by atoms with Crippen molar-refractivity contribution in [2.24, 2.45) is 5.73 Å². The standard InChI is InChI=1S/C12H15F2NO3/c1-16-9-4-7(8(6-15)12(13)14)5-10-11(9)18-3-2-17-10/h4-5,8,12H,2-3,6,15H2,1H3. The molecule has 100 valence electrons.